The Kier molecular flexibility index (Phi) is 5.55. The average Bonchev–Trinajstić information content (AvgIpc) is 2.44. The average molecular weight is 354 g/mol. The highest BCUT2D eigenvalue weighted by atomic mass is 19.1. The van der Waals surface area contributed by atoms with Crippen LogP contribution in [0.15, 0.2) is 12.1 Å². The van der Waals surface area contributed by atoms with Gasteiger partial charge in [0.1, 0.15) is 16.9 Å². The van der Waals surface area contributed by atoms with E-state index in [1.807, 2.05) is 20.8 Å². The van der Waals surface area contributed by atoms with Crippen molar-refractivity contribution in [3.05, 3.63) is 23.5 Å². The van der Waals surface area contributed by atoms with Crippen LogP contribution in [0.1, 0.15) is 44.0 Å². The second kappa shape index (κ2) is 7.29. The van der Waals surface area contributed by atoms with Crippen molar-refractivity contribution in [2.24, 2.45) is 11.8 Å². The van der Waals surface area contributed by atoms with E-state index in [2.05, 4.69) is 0 Å². The van der Waals surface area contributed by atoms with E-state index in [4.69, 9.17) is 19.3 Å². The van der Waals surface area contributed by atoms with Crippen LogP contribution in [0.4, 0.5) is 4.39 Å². The molecule has 1 N–H and O–H groups in total. The smallest absolute Gasteiger partial charge is 0.339 e. The Hall–Kier alpha value is -2.31. The summed E-state index contributed by atoms with van der Waals surface area (Å²) in [6.45, 7) is 5.66. The van der Waals surface area contributed by atoms with Crippen LogP contribution in [-0.4, -0.2) is 36.4 Å². The molecule has 7 heteroatoms. The van der Waals surface area contributed by atoms with Crippen molar-refractivity contribution in [3.63, 3.8) is 0 Å². The molecule has 0 aromatic heterocycles. The number of benzene rings is 1. The minimum absolute atomic E-state index is 0.0639. The molecule has 6 nitrogen and oxygen atoms in total. The monoisotopic (exact) mass is 354 g/mol. The highest BCUT2D eigenvalue weighted by Gasteiger charge is 2.37. The minimum atomic E-state index is -1.23. The number of aromatic carboxylic acids is 1. The number of esters is 1. The number of hydrogen-bond donors (Lipinski definition) is 1. The van der Waals surface area contributed by atoms with Gasteiger partial charge < -0.3 is 19.3 Å². The Labute approximate surface area is 145 Å². The summed E-state index contributed by atoms with van der Waals surface area (Å²) < 4.78 is 29.6. The van der Waals surface area contributed by atoms with Gasteiger partial charge in [-0.3, -0.25) is 4.79 Å². The molecule has 1 fully saturated rings. The first-order chi connectivity index (χ1) is 11.6. The molecule has 0 spiro atoms. The van der Waals surface area contributed by atoms with E-state index in [1.165, 1.54) is 7.11 Å². The van der Waals surface area contributed by atoms with Gasteiger partial charge in [0.05, 0.1) is 19.6 Å². The van der Waals surface area contributed by atoms with Crippen molar-refractivity contribution in [1.29, 1.82) is 0 Å². The molecular formula is C18H23FO6. The molecule has 0 heterocycles. The van der Waals surface area contributed by atoms with Crippen LogP contribution in [0.2, 0.25) is 0 Å². The van der Waals surface area contributed by atoms with Gasteiger partial charge in [0.25, 0.3) is 0 Å². The molecule has 1 aliphatic carbocycles. The summed E-state index contributed by atoms with van der Waals surface area (Å²) in [4.78, 5) is 23.1. The third-order valence-electron chi connectivity index (χ3n) is 3.93. The lowest BCUT2D eigenvalue weighted by atomic mass is 9.75. The maximum absolute atomic E-state index is 14.0. The topological polar surface area (TPSA) is 82.1 Å². The van der Waals surface area contributed by atoms with E-state index >= 15 is 0 Å². The molecule has 0 atom stereocenters. The quantitative estimate of drug-likeness (QED) is 0.790. The number of halogens is 1. The van der Waals surface area contributed by atoms with E-state index < -0.39 is 17.4 Å². The predicted molar refractivity (Wildman–Crippen MR) is 87.5 cm³/mol. The van der Waals surface area contributed by atoms with Gasteiger partial charge in [0.2, 0.25) is 0 Å². The summed E-state index contributed by atoms with van der Waals surface area (Å²) in [6.07, 6.45) is 1.22. The number of ether oxygens (including phenoxy) is 3. The number of rotatable bonds is 6. The molecule has 0 amide bonds. The second-order valence-electron chi connectivity index (χ2n) is 7.17. The summed E-state index contributed by atoms with van der Waals surface area (Å²) in [5.41, 5.74) is -0.683. The van der Waals surface area contributed by atoms with Crippen molar-refractivity contribution in [2.45, 2.75) is 39.2 Å². The van der Waals surface area contributed by atoms with Gasteiger partial charge in [0, 0.05) is 12.1 Å². The molecular weight excluding hydrogens is 331 g/mol. The van der Waals surface area contributed by atoms with E-state index in [0.29, 0.717) is 12.8 Å². The first kappa shape index (κ1) is 19.0. The number of carbonyl (C=O) groups is 2. The number of carboxylic acid groups (broad SMARTS) is 1. The Balaban J connectivity index is 1.90. The maximum atomic E-state index is 14.0. The molecule has 0 aliphatic heterocycles. The van der Waals surface area contributed by atoms with E-state index in [-0.39, 0.29) is 41.5 Å². The number of methoxy groups -OCH3 is 1. The lowest BCUT2D eigenvalue weighted by molar-refractivity contribution is -0.165. The lowest BCUT2D eigenvalue weighted by Gasteiger charge is -2.35. The Morgan fingerprint density at radius 1 is 1.24 bits per heavy atom. The van der Waals surface area contributed by atoms with Gasteiger partial charge in [-0.2, -0.15) is 0 Å². The largest absolute Gasteiger partial charge is 0.496 e. The Bertz CT molecular complexity index is 658. The van der Waals surface area contributed by atoms with E-state index in [1.54, 1.807) is 0 Å². The predicted octanol–water partition coefficient (Wildman–Crippen LogP) is 3.28. The van der Waals surface area contributed by atoms with Gasteiger partial charge in [-0.25, -0.2) is 9.18 Å². The zero-order chi connectivity index (χ0) is 18.8. The van der Waals surface area contributed by atoms with E-state index in [0.717, 1.165) is 12.1 Å². The number of carbonyl (C=O) groups excluding carboxylic acids is 1. The SMILES string of the molecule is COc1cc(F)c(OCC2CC(C(=O)OC(C)(C)C)C2)cc1C(=O)O. The molecule has 1 saturated carbocycles. The molecule has 0 radical (unpaired) electrons. The second-order valence-corrected chi connectivity index (χ2v) is 7.17. The van der Waals surface area contributed by atoms with Crippen molar-refractivity contribution < 1.29 is 33.3 Å². The van der Waals surface area contributed by atoms with Crippen LogP contribution in [0.3, 0.4) is 0 Å². The minimum Gasteiger partial charge on any atom is -0.496 e. The van der Waals surface area contributed by atoms with Crippen LogP contribution in [0, 0.1) is 17.7 Å². The van der Waals surface area contributed by atoms with Crippen LogP contribution >= 0.6 is 0 Å². The third-order valence-corrected chi connectivity index (χ3v) is 3.93. The van der Waals surface area contributed by atoms with Crippen LogP contribution < -0.4 is 9.47 Å². The first-order valence-corrected chi connectivity index (χ1v) is 8.07. The molecule has 138 valence electrons. The zero-order valence-corrected chi connectivity index (χ0v) is 14.8. The maximum Gasteiger partial charge on any atom is 0.339 e. The normalized spacial score (nSPS) is 19.7. The Morgan fingerprint density at radius 2 is 1.88 bits per heavy atom. The van der Waals surface area contributed by atoms with Crippen molar-refractivity contribution in [3.8, 4) is 11.5 Å². The van der Waals surface area contributed by atoms with Crippen molar-refractivity contribution in [1.82, 2.24) is 0 Å². The summed E-state index contributed by atoms with van der Waals surface area (Å²) >= 11 is 0. The molecule has 2 rings (SSSR count). The molecule has 0 unspecified atom stereocenters. The standard InChI is InChI=1S/C18H23FO6/c1-18(2,3)25-17(22)11-5-10(6-11)9-24-15-7-12(16(20)21)14(23-4)8-13(15)19/h7-8,10-11H,5-6,9H2,1-4H3,(H,20,21). The van der Waals surface area contributed by atoms with Gasteiger partial charge in [-0.15, -0.1) is 0 Å². The Morgan fingerprint density at radius 3 is 2.40 bits per heavy atom. The van der Waals surface area contributed by atoms with Gasteiger partial charge in [-0.1, -0.05) is 0 Å². The molecule has 1 aromatic carbocycles. The summed E-state index contributed by atoms with van der Waals surface area (Å²) in [7, 11) is 1.27. The van der Waals surface area contributed by atoms with Gasteiger partial charge >= 0.3 is 11.9 Å². The highest BCUT2D eigenvalue weighted by molar-refractivity contribution is 5.91. The fraction of sp³-hybridized carbons (Fsp3) is 0.556. The molecule has 1 aliphatic rings. The fourth-order valence-corrected chi connectivity index (χ4v) is 2.64. The van der Waals surface area contributed by atoms with Gasteiger partial charge in [0.15, 0.2) is 11.6 Å². The van der Waals surface area contributed by atoms with Crippen molar-refractivity contribution >= 4 is 11.9 Å². The first-order valence-electron chi connectivity index (χ1n) is 8.07. The molecule has 0 bridgehead atoms. The van der Waals surface area contributed by atoms with Crippen LogP contribution in [-0.2, 0) is 9.53 Å². The number of carboxylic acids is 1. The molecule has 0 saturated heterocycles. The lowest BCUT2D eigenvalue weighted by Crippen LogP contribution is -2.38. The summed E-state index contributed by atoms with van der Waals surface area (Å²) in [5, 5.41) is 9.13. The number of hydrogen-bond acceptors (Lipinski definition) is 5. The summed E-state index contributed by atoms with van der Waals surface area (Å²) in [6, 6.07) is 2.10. The highest BCUT2D eigenvalue weighted by Crippen LogP contribution is 2.36. The molecule has 25 heavy (non-hydrogen) atoms. The van der Waals surface area contributed by atoms with Gasteiger partial charge in [-0.05, 0) is 39.5 Å². The third kappa shape index (κ3) is 4.84. The van der Waals surface area contributed by atoms with E-state index in [9.17, 15) is 14.0 Å². The molecule has 1 aromatic rings. The fourth-order valence-electron chi connectivity index (χ4n) is 2.64. The van der Waals surface area contributed by atoms with Crippen LogP contribution in [0.25, 0.3) is 0 Å². The van der Waals surface area contributed by atoms with Crippen molar-refractivity contribution in [2.75, 3.05) is 13.7 Å². The zero-order valence-electron chi connectivity index (χ0n) is 14.8. The van der Waals surface area contributed by atoms with Crippen LogP contribution in [0.5, 0.6) is 11.5 Å². The summed E-state index contributed by atoms with van der Waals surface area (Å²) in [5.74, 6) is -2.41.